The average molecular weight is 497 g/mol. The first-order chi connectivity index (χ1) is 17.6. The van der Waals surface area contributed by atoms with E-state index in [2.05, 4.69) is 20.5 Å². The normalized spacial score (nSPS) is 13.9. The molecule has 0 saturated carbocycles. The van der Waals surface area contributed by atoms with E-state index in [9.17, 15) is 9.18 Å². The number of hydrogen-bond donors (Lipinski definition) is 1. The lowest BCUT2D eigenvalue weighted by Crippen LogP contribution is -2.48. The number of fused-ring (bicyclic) bond motifs is 1. The fraction of sp³-hybridized carbons (Fsp3) is 0.172. The number of anilines is 1. The molecule has 0 unspecified atom stereocenters. The minimum absolute atomic E-state index is 0.0330. The van der Waals surface area contributed by atoms with E-state index in [1.165, 1.54) is 18.0 Å². The summed E-state index contributed by atoms with van der Waals surface area (Å²) in [5.41, 5.74) is 3.83. The molecule has 36 heavy (non-hydrogen) atoms. The Morgan fingerprint density at radius 1 is 1.03 bits per heavy atom. The number of hydrogen-bond acceptors (Lipinski definition) is 5. The molecule has 0 radical (unpaired) electrons. The Labute approximate surface area is 214 Å². The number of aromatic nitrogens is 1. The van der Waals surface area contributed by atoms with Crippen molar-refractivity contribution in [3.8, 4) is 12.3 Å². The van der Waals surface area contributed by atoms with Gasteiger partial charge in [-0.2, -0.15) is 0 Å². The van der Waals surface area contributed by atoms with Crippen LogP contribution in [-0.4, -0.2) is 46.9 Å². The summed E-state index contributed by atoms with van der Waals surface area (Å²) in [5, 5.41) is 1.07. The van der Waals surface area contributed by atoms with E-state index in [0.29, 0.717) is 30.8 Å². The van der Waals surface area contributed by atoms with Crippen LogP contribution in [0.3, 0.4) is 0 Å². The Bertz CT molecular complexity index is 1440. The van der Waals surface area contributed by atoms with Gasteiger partial charge in [0.1, 0.15) is 5.82 Å². The largest absolute Gasteiger partial charge is 0.336 e. The summed E-state index contributed by atoms with van der Waals surface area (Å²) < 4.78 is 16.8. The number of pyridine rings is 1. The first kappa shape index (κ1) is 23.9. The number of para-hydroxylation sites is 1. The van der Waals surface area contributed by atoms with Crippen LogP contribution in [0.2, 0.25) is 0 Å². The quantitative estimate of drug-likeness (QED) is 0.285. The Kier molecular flexibility index (Phi) is 7.17. The molecule has 1 aliphatic heterocycles. The highest BCUT2D eigenvalue weighted by Gasteiger charge is 2.23. The molecule has 1 fully saturated rings. The Balaban J connectivity index is 1.22. The molecule has 1 aliphatic rings. The van der Waals surface area contributed by atoms with E-state index in [0.717, 1.165) is 40.1 Å². The molecule has 0 spiro atoms. The molecule has 7 heteroatoms. The molecule has 4 aromatic rings. The summed E-state index contributed by atoms with van der Waals surface area (Å²) in [6, 6.07) is 22.1. The van der Waals surface area contributed by atoms with Crippen molar-refractivity contribution in [3.05, 3.63) is 102 Å². The second-order valence-electron chi connectivity index (χ2n) is 8.64. The lowest BCUT2D eigenvalue weighted by molar-refractivity contribution is 0.0628. The van der Waals surface area contributed by atoms with Gasteiger partial charge < -0.3 is 9.62 Å². The summed E-state index contributed by atoms with van der Waals surface area (Å²) in [6.45, 7) is 3.37. The van der Waals surface area contributed by atoms with Crippen molar-refractivity contribution in [2.24, 2.45) is 0 Å². The van der Waals surface area contributed by atoms with E-state index in [4.69, 9.17) is 6.42 Å². The van der Waals surface area contributed by atoms with Crippen LogP contribution in [0.25, 0.3) is 10.9 Å². The van der Waals surface area contributed by atoms with Crippen molar-refractivity contribution in [1.82, 2.24) is 14.8 Å². The van der Waals surface area contributed by atoms with E-state index in [1.807, 2.05) is 53.4 Å². The predicted octanol–water partition coefficient (Wildman–Crippen LogP) is 5.43. The lowest BCUT2D eigenvalue weighted by atomic mass is 10.1. The van der Waals surface area contributed by atoms with Crippen molar-refractivity contribution in [2.45, 2.75) is 11.4 Å². The molecule has 1 aromatic heterocycles. The van der Waals surface area contributed by atoms with Gasteiger partial charge in [-0.1, -0.05) is 36.3 Å². The van der Waals surface area contributed by atoms with Gasteiger partial charge in [0.2, 0.25) is 0 Å². The van der Waals surface area contributed by atoms with Crippen LogP contribution in [0.5, 0.6) is 0 Å². The predicted molar refractivity (Wildman–Crippen MR) is 143 cm³/mol. The number of halogens is 1. The number of benzene rings is 3. The number of terminal acetylenes is 1. The third-order valence-corrected chi connectivity index (χ3v) is 7.11. The SMILES string of the molecule is C#Cc1cc(C(=O)N2CCN(Cc3cccc(F)c3)CC2)ccc1NSc1cccc2cccnc12. The van der Waals surface area contributed by atoms with Crippen LogP contribution in [0.15, 0.2) is 83.9 Å². The number of amides is 1. The molecule has 180 valence electrons. The highest BCUT2D eigenvalue weighted by Crippen LogP contribution is 2.29. The number of piperazine rings is 1. The maximum Gasteiger partial charge on any atom is 0.253 e. The zero-order valence-electron chi connectivity index (χ0n) is 19.7. The van der Waals surface area contributed by atoms with Crippen LogP contribution in [0.1, 0.15) is 21.5 Å². The Hall–Kier alpha value is -3.86. The topological polar surface area (TPSA) is 48.5 Å². The number of carbonyl (C=O) groups excluding carboxylic acids is 1. The van der Waals surface area contributed by atoms with Gasteiger partial charge >= 0.3 is 0 Å². The third-order valence-electron chi connectivity index (χ3n) is 6.24. The first-order valence-corrected chi connectivity index (χ1v) is 12.6. The smallest absolute Gasteiger partial charge is 0.253 e. The van der Waals surface area contributed by atoms with Gasteiger partial charge in [0, 0.05) is 55.4 Å². The van der Waals surface area contributed by atoms with E-state index in [-0.39, 0.29) is 11.7 Å². The molecule has 1 N–H and O–H groups in total. The minimum atomic E-state index is -0.226. The van der Waals surface area contributed by atoms with E-state index < -0.39 is 0 Å². The van der Waals surface area contributed by atoms with Crippen LogP contribution < -0.4 is 4.72 Å². The number of nitrogens with zero attached hydrogens (tertiary/aromatic N) is 3. The standard InChI is InChI=1S/C29H25FN4OS/c1-2-22-19-24(11-12-26(22)32-36-27-10-4-7-23-8-5-13-31-28(23)27)29(35)34-16-14-33(15-17-34)20-21-6-3-9-25(30)18-21/h1,3-13,18-19,32H,14-17,20H2. The van der Waals surface area contributed by atoms with Gasteiger partial charge in [0.25, 0.3) is 5.91 Å². The first-order valence-electron chi connectivity index (χ1n) is 11.7. The van der Waals surface area contributed by atoms with Gasteiger partial charge in [-0.15, -0.1) is 6.42 Å². The summed E-state index contributed by atoms with van der Waals surface area (Å²) in [5.74, 6) is 2.45. The molecular weight excluding hydrogens is 471 g/mol. The summed E-state index contributed by atoms with van der Waals surface area (Å²) >= 11 is 1.44. The molecule has 0 atom stereocenters. The van der Waals surface area contributed by atoms with Crippen LogP contribution in [0.4, 0.5) is 10.1 Å². The van der Waals surface area contributed by atoms with Crippen molar-refractivity contribution >= 4 is 34.4 Å². The number of carbonyl (C=O) groups is 1. The zero-order valence-corrected chi connectivity index (χ0v) is 20.5. The van der Waals surface area contributed by atoms with Crippen molar-refractivity contribution in [3.63, 3.8) is 0 Å². The molecule has 1 saturated heterocycles. The molecule has 0 bridgehead atoms. The Morgan fingerprint density at radius 3 is 2.64 bits per heavy atom. The highest BCUT2D eigenvalue weighted by molar-refractivity contribution is 8.00. The van der Waals surface area contributed by atoms with Crippen LogP contribution in [-0.2, 0) is 6.54 Å². The van der Waals surface area contributed by atoms with E-state index >= 15 is 0 Å². The van der Waals surface area contributed by atoms with Crippen molar-refractivity contribution in [1.29, 1.82) is 0 Å². The summed E-state index contributed by atoms with van der Waals surface area (Å²) in [6.07, 6.45) is 7.57. The molecule has 5 nitrogen and oxygen atoms in total. The molecule has 1 amide bonds. The molecule has 5 rings (SSSR count). The van der Waals surface area contributed by atoms with Gasteiger partial charge in [0.15, 0.2) is 0 Å². The van der Waals surface area contributed by atoms with Gasteiger partial charge in [-0.25, -0.2) is 4.39 Å². The van der Waals surface area contributed by atoms with Crippen LogP contribution in [0, 0.1) is 18.2 Å². The molecular formula is C29H25FN4OS. The maximum atomic E-state index is 13.5. The molecule has 2 heterocycles. The summed E-state index contributed by atoms with van der Waals surface area (Å²) in [7, 11) is 0. The van der Waals surface area contributed by atoms with Crippen LogP contribution >= 0.6 is 11.9 Å². The number of rotatable bonds is 6. The maximum absolute atomic E-state index is 13.5. The zero-order chi connectivity index (χ0) is 24.9. The van der Waals surface area contributed by atoms with Gasteiger partial charge in [-0.3, -0.25) is 14.7 Å². The van der Waals surface area contributed by atoms with Crippen molar-refractivity contribution < 1.29 is 9.18 Å². The monoisotopic (exact) mass is 496 g/mol. The Morgan fingerprint density at radius 2 is 1.83 bits per heavy atom. The van der Waals surface area contributed by atoms with Crippen molar-refractivity contribution in [2.75, 3.05) is 30.9 Å². The third kappa shape index (κ3) is 5.35. The minimum Gasteiger partial charge on any atom is -0.336 e. The van der Waals surface area contributed by atoms with Gasteiger partial charge in [0.05, 0.1) is 16.1 Å². The second-order valence-corrected chi connectivity index (χ2v) is 9.49. The highest BCUT2D eigenvalue weighted by atomic mass is 32.2. The molecule has 3 aromatic carbocycles. The van der Waals surface area contributed by atoms with Gasteiger partial charge in [-0.05, 0) is 60.0 Å². The fourth-order valence-electron chi connectivity index (χ4n) is 4.34. The fourth-order valence-corrected chi connectivity index (χ4v) is 5.15. The average Bonchev–Trinajstić information content (AvgIpc) is 2.92. The lowest BCUT2D eigenvalue weighted by Gasteiger charge is -2.34. The molecule has 0 aliphatic carbocycles. The number of nitrogens with one attached hydrogen (secondary N) is 1. The second kappa shape index (κ2) is 10.8. The van der Waals surface area contributed by atoms with E-state index in [1.54, 1.807) is 24.4 Å². The summed E-state index contributed by atoms with van der Waals surface area (Å²) in [4.78, 5) is 22.7.